The number of hydrogen-bond donors (Lipinski definition) is 0. The topological polar surface area (TPSA) is 41.2 Å². The summed E-state index contributed by atoms with van der Waals surface area (Å²) < 4.78 is 4.68. The maximum absolute atomic E-state index is 12.1. The smallest absolute Gasteiger partial charge is 0.250 e. The third kappa shape index (κ3) is 5.97. The Morgan fingerprint density at radius 3 is 1.26 bits per heavy atom. The van der Waals surface area contributed by atoms with E-state index in [0.29, 0.717) is 16.9 Å². The molecule has 74 heavy (non-hydrogen) atoms. The van der Waals surface area contributed by atoms with Crippen LogP contribution in [-0.4, -0.2) is 15.8 Å². The van der Waals surface area contributed by atoms with Crippen molar-refractivity contribution in [3.05, 3.63) is 260 Å². The van der Waals surface area contributed by atoms with Crippen molar-refractivity contribution in [3.63, 3.8) is 0 Å². The molecule has 340 valence electrons. The van der Waals surface area contributed by atoms with Gasteiger partial charge in [-0.2, -0.15) is 5.26 Å². The fourth-order valence-electron chi connectivity index (χ4n) is 12.4. The Balaban J connectivity index is 1.02. The Kier molecular flexibility index (Phi) is 9.11. The molecule has 13 aromatic rings. The first-order valence-corrected chi connectivity index (χ1v) is 25.0. The molecule has 0 aliphatic carbocycles. The number of nitriles is 1. The summed E-state index contributed by atoms with van der Waals surface area (Å²) in [6, 6.07) is 88.7. The van der Waals surface area contributed by atoms with Crippen LogP contribution < -0.4 is 21.3 Å². The van der Waals surface area contributed by atoms with E-state index in [2.05, 4.69) is 255 Å². The molecular weight excluding hydrogens is 898 g/mol. The number of hydrogen-bond acceptors (Lipinski definition) is 2. The molecule has 4 heterocycles. The van der Waals surface area contributed by atoms with E-state index in [1.165, 1.54) is 10.9 Å². The minimum absolute atomic E-state index is 0.243. The summed E-state index contributed by atoms with van der Waals surface area (Å²) in [4.78, 5) is 6.80. The molecule has 0 N–H and O–H groups in total. The zero-order chi connectivity index (χ0) is 49.0. The van der Waals surface area contributed by atoms with Crippen LogP contribution in [-0.2, 0) is 0 Å². The first-order chi connectivity index (χ1) is 36.7. The number of aromatic nitrogens is 2. The molecule has 0 saturated heterocycles. The largest absolute Gasteiger partial charge is 0.320 e. The molecule has 5 nitrogen and oxygen atoms in total. The van der Waals surface area contributed by atoms with Gasteiger partial charge in [0.2, 0.25) is 5.69 Å². The lowest BCUT2D eigenvalue weighted by Crippen LogP contribution is -2.59. The van der Waals surface area contributed by atoms with E-state index in [4.69, 9.17) is 0 Å². The molecule has 2 aliphatic rings. The summed E-state index contributed by atoms with van der Waals surface area (Å²) in [5.74, 6) is 0. The summed E-state index contributed by atoms with van der Waals surface area (Å²) in [5.41, 5.74) is 21.2. The third-order valence-corrected chi connectivity index (χ3v) is 15.5. The Hall–Kier alpha value is -10.1. The van der Waals surface area contributed by atoms with E-state index in [1.807, 2.05) is 12.1 Å². The van der Waals surface area contributed by atoms with Gasteiger partial charge in [0.05, 0.1) is 40.2 Å². The summed E-state index contributed by atoms with van der Waals surface area (Å²) in [5, 5.41) is 16.6. The van der Waals surface area contributed by atoms with Crippen LogP contribution in [0.2, 0.25) is 0 Å². The third-order valence-electron chi connectivity index (χ3n) is 15.5. The number of benzene rings is 11. The second-order valence-electron chi connectivity index (χ2n) is 19.4. The van der Waals surface area contributed by atoms with Crippen molar-refractivity contribution >= 4 is 89.5 Å². The minimum Gasteiger partial charge on any atom is -0.320 e. The number of rotatable bonds is 7. The van der Waals surface area contributed by atoms with Crippen LogP contribution in [0.25, 0.3) is 104 Å². The Bertz CT molecular complexity index is 4270. The van der Waals surface area contributed by atoms with Crippen LogP contribution in [0.15, 0.2) is 243 Å². The zero-order valence-corrected chi connectivity index (χ0v) is 39.9. The zero-order valence-electron chi connectivity index (χ0n) is 39.9. The summed E-state index contributed by atoms with van der Waals surface area (Å²) in [6.45, 7) is 9.22. The van der Waals surface area contributed by atoms with Crippen molar-refractivity contribution in [2.24, 2.45) is 0 Å². The van der Waals surface area contributed by atoms with Gasteiger partial charge in [-0.3, -0.25) is 0 Å². The number of nitrogens with zero attached hydrogens (tertiary/aromatic N) is 5. The highest BCUT2D eigenvalue weighted by atomic mass is 15.2. The number of para-hydroxylation sites is 4. The molecule has 0 fully saturated rings. The maximum atomic E-state index is 12.1. The number of fused-ring (bicyclic) bond motifs is 10. The highest BCUT2D eigenvalue weighted by Crippen LogP contribution is 2.51. The van der Waals surface area contributed by atoms with Gasteiger partial charge in [0, 0.05) is 44.0 Å². The molecule has 0 atom stereocenters. The van der Waals surface area contributed by atoms with Crippen molar-refractivity contribution in [1.29, 1.82) is 5.26 Å². The van der Waals surface area contributed by atoms with Crippen LogP contribution in [0.3, 0.4) is 0 Å². The lowest BCUT2D eigenvalue weighted by Gasteiger charge is -2.38. The summed E-state index contributed by atoms with van der Waals surface area (Å²) >= 11 is 0. The van der Waals surface area contributed by atoms with Gasteiger partial charge < -0.3 is 14.0 Å². The monoisotopic (exact) mass is 937 g/mol. The van der Waals surface area contributed by atoms with Crippen LogP contribution in [0.5, 0.6) is 0 Å². The first kappa shape index (κ1) is 41.6. The van der Waals surface area contributed by atoms with Crippen LogP contribution >= 0.6 is 0 Å². The van der Waals surface area contributed by atoms with Crippen molar-refractivity contribution in [3.8, 4) is 62.0 Å². The quantitative estimate of drug-likeness (QED) is 0.118. The minimum atomic E-state index is -0.243. The standard InChI is InChI=1S/C68H40BN5/c1-71-63-67(57(42-70)66-62-68(63)74-61-31-11-9-25-54(61)56-27-15-29-59(65(56)74)69(62)58-28-14-26-55-53-24-8-10-30-60(53)73(66)64(55)58)72(51-36-32-45(33-37-51)49-22-12-20-47(40-49)43-16-4-2-5-17-43)52-38-34-46(35-39-52)50-23-13-21-48(41-50)44-18-6-3-7-19-44/h2-41H. The van der Waals surface area contributed by atoms with Crippen LogP contribution in [0, 0.1) is 17.9 Å². The van der Waals surface area contributed by atoms with Crippen LogP contribution in [0.4, 0.5) is 22.7 Å². The molecule has 0 unspecified atom stereocenters. The molecule has 0 bridgehead atoms. The van der Waals surface area contributed by atoms with Gasteiger partial charge in [0.1, 0.15) is 6.07 Å². The molecule has 2 aliphatic heterocycles. The summed E-state index contributed by atoms with van der Waals surface area (Å²) in [6.07, 6.45) is 0. The van der Waals surface area contributed by atoms with Gasteiger partial charge in [0.25, 0.3) is 6.71 Å². The van der Waals surface area contributed by atoms with E-state index < -0.39 is 0 Å². The normalized spacial score (nSPS) is 12.0. The second kappa shape index (κ2) is 16.2. The highest BCUT2D eigenvalue weighted by molar-refractivity contribution is 7.00. The highest BCUT2D eigenvalue weighted by Gasteiger charge is 2.45. The predicted molar refractivity (Wildman–Crippen MR) is 307 cm³/mol. The van der Waals surface area contributed by atoms with E-state index in [9.17, 15) is 11.8 Å². The Morgan fingerprint density at radius 1 is 0.405 bits per heavy atom. The van der Waals surface area contributed by atoms with Gasteiger partial charge in [-0.1, -0.05) is 194 Å². The van der Waals surface area contributed by atoms with Crippen molar-refractivity contribution in [2.45, 2.75) is 0 Å². The van der Waals surface area contributed by atoms with E-state index in [-0.39, 0.29) is 6.71 Å². The Morgan fingerprint density at radius 2 is 0.797 bits per heavy atom. The van der Waals surface area contributed by atoms with E-state index in [1.54, 1.807) is 0 Å². The average Bonchev–Trinajstić information content (AvgIpc) is 4.01. The Labute approximate surface area is 428 Å². The molecule has 0 amide bonds. The molecule has 0 saturated carbocycles. The second-order valence-corrected chi connectivity index (χ2v) is 19.4. The first-order valence-electron chi connectivity index (χ1n) is 25.0. The van der Waals surface area contributed by atoms with Crippen molar-refractivity contribution < 1.29 is 0 Å². The molecular formula is C68H40BN5. The van der Waals surface area contributed by atoms with Gasteiger partial charge >= 0.3 is 0 Å². The maximum Gasteiger partial charge on any atom is 0.250 e. The van der Waals surface area contributed by atoms with E-state index >= 15 is 0 Å². The van der Waals surface area contributed by atoms with Gasteiger partial charge in [-0.05, 0) is 109 Å². The molecule has 15 rings (SSSR count). The molecule has 11 aromatic carbocycles. The summed E-state index contributed by atoms with van der Waals surface area (Å²) in [7, 11) is 0. The fraction of sp³-hybridized carbons (Fsp3) is 0. The van der Waals surface area contributed by atoms with Gasteiger partial charge in [-0.25, -0.2) is 4.85 Å². The van der Waals surface area contributed by atoms with Crippen molar-refractivity contribution in [1.82, 2.24) is 9.13 Å². The van der Waals surface area contributed by atoms with Crippen LogP contribution in [0.1, 0.15) is 5.56 Å². The van der Waals surface area contributed by atoms with Gasteiger partial charge in [-0.15, -0.1) is 0 Å². The lowest BCUT2D eigenvalue weighted by molar-refractivity contribution is 1.13. The molecule has 0 radical (unpaired) electrons. The van der Waals surface area contributed by atoms with E-state index in [0.717, 1.165) is 116 Å². The SMILES string of the molecule is [C-]#[N+]c1c(N(c2ccc(-c3cccc(-c4ccccc4)c3)cc2)c2ccc(-c3cccc(-c4ccccc4)c3)cc2)c(C#N)c2c3c1-n1c4ccccc4c4cccc(c41)B3c1cccc3c4ccccc4n-2c13. The predicted octanol–water partition coefficient (Wildman–Crippen LogP) is 15.6. The number of anilines is 3. The molecule has 0 spiro atoms. The lowest BCUT2D eigenvalue weighted by atomic mass is 9.34. The van der Waals surface area contributed by atoms with Crippen molar-refractivity contribution in [2.75, 3.05) is 4.90 Å². The fourth-order valence-corrected chi connectivity index (χ4v) is 12.4. The molecule has 2 aromatic heterocycles. The average molecular weight is 938 g/mol. The molecule has 6 heteroatoms. The van der Waals surface area contributed by atoms with Gasteiger partial charge in [0.15, 0.2) is 0 Å².